The lowest BCUT2D eigenvalue weighted by molar-refractivity contribution is -0.137. The van der Waals surface area contributed by atoms with Crippen molar-refractivity contribution in [2.45, 2.75) is 12.3 Å². The number of halogens is 5. The van der Waals surface area contributed by atoms with Crippen molar-refractivity contribution in [3.8, 4) is 0 Å². The molecule has 0 saturated carbocycles. The topological polar surface area (TPSA) is 32.3 Å². The van der Waals surface area contributed by atoms with E-state index in [0.717, 1.165) is 12.1 Å². The molecule has 1 rings (SSSR count). The molecule has 0 aliphatic rings. The molecular weight excluding hydrogens is 278 g/mol. The molecule has 0 saturated heterocycles. The molecule has 1 aromatic rings. The maximum atomic E-state index is 12.5. The maximum Gasteiger partial charge on any atom is 0.416 e. The smallest absolute Gasteiger partial charge is 0.390 e. The van der Waals surface area contributed by atoms with Gasteiger partial charge >= 0.3 is 6.18 Å². The van der Waals surface area contributed by atoms with Gasteiger partial charge in [-0.1, -0.05) is 11.6 Å². The van der Waals surface area contributed by atoms with Gasteiger partial charge in [-0.2, -0.15) is 13.2 Å². The second kappa shape index (κ2) is 5.80. The predicted octanol–water partition coefficient (Wildman–Crippen LogP) is 3.37. The van der Waals surface area contributed by atoms with Gasteiger partial charge in [0.15, 0.2) is 0 Å². The van der Waals surface area contributed by atoms with Crippen LogP contribution in [0.4, 0.5) is 18.9 Å². The average molecular weight is 288 g/mol. The number of alkyl halides is 4. The first-order chi connectivity index (χ1) is 7.82. The predicted molar refractivity (Wildman–Crippen MR) is 61.7 cm³/mol. The van der Waals surface area contributed by atoms with Gasteiger partial charge in [0.2, 0.25) is 0 Å². The number of nitrogens with one attached hydrogen (secondary N) is 1. The number of aliphatic hydroxyl groups excluding tert-OH is 1. The van der Waals surface area contributed by atoms with Crippen LogP contribution in [0.15, 0.2) is 18.2 Å². The van der Waals surface area contributed by atoms with Crippen LogP contribution < -0.4 is 5.32 Å². The molecule has 0 fully saturated rings. The van der Waals surface area contributed by atoms with Crippen LogP contribution >= 0.6 is 23.2 Å². The third kappa shape index (κ3) is 4.61. The number of hydrogen-bond donors (Lipinski definition) is 2. The Labute approximate surface area is 106 Å². The molecule has 1 atom stereocenters. The summed E-state index contributed by atoms with van der Waals surface area (Å²) in [5, 5.41) is 11.8. The van der Waals surface area contributed by atoms with Crippen LogP contribution in [-0.2, 0) is 6.18 Å². The van der Waals surface area contributed by atoms with Gasteiger partial charge in [-0.25, -0.2) is 0 Å². The Morgan fingerprint density at radius 3 is 2.47 bits per heavy atom. The van der Waals surface area contributed by atoms with Crippen LogP contribution in [0.3, 0.4) is 0 Å². The molecule has 0 heterocycles. The SMILES string of the molecule is OC(CCl)CNc1cc(Cl)cc(C(F)(F)F)c1. The van der Waals surface area contributed by atoms with E-state index in [1.165, 1.54) is 6.07 Å². The molecule has 7 heteroatoms. The molecule has 0 radical (unpaired) electrons. The third-order valence-corrected chi connectivity index (χ3v) is 2.52. The molecule has 0 bridgehead atoms. The van der Waals surface area contributed by atoms with Crippen molar-refractivity contribution in [1.29, 1.82) is 0 Å². The molecule has 17 heavy (non-hydrogen) atoms. The molecule has 1 unspecified atom stereocenters. The number of aliphatic hydroxyl groups is 1. The lowest BCUT2D eigenvalue weighted by Crippen LogP contribution is -2.21. The highest BCUT2D eigenvalue weighted by Gasteiger charge is 2.31. The largest absolute Gasteiger partial charge is 0.416 e. The van der Waals surface area contributed by atoms with E-state index in [4.69, 9.17) is 28.3 Å². The second-order valence-electron chi connectivity index (χ2n) is 3.42. The van der Waals surface area contributed by atoms with Crippen molar-refractivity contribution in [2.24, 2.45) is 0 Å². The summed E-state index contributed by atoms with van der Waals surface area (Å²) in [5.41, 5.74) is -0.651. The summed E-state index contributed by atoms with van der Waals surface area (Å²) in [7, 11) is 0. The molecule has 2 nitrogen and oxygen atoms in total. The van der Waals surface area contributed by atoms with Crippen molar-refractivity contribution in [1.82, 2.24) is 0 Å². The van der Waals surface area contributed by atoms with Gasteiger partial charge < -0.3 is 10.4 Å². The summed E-state index contributed by atoms with van der Waals surface area (Å²) < 4.78 is 37.4. The molecule has 2 N–H and O–H groups in total. The molecule has 0 aliphatic heterocycles. The number of hydrogen-bond acceptors (Lipinski definition) is 2. The Bertz CT molecular complexity index is 384. The van der Waals surface area contributed by atoms with Gasteiger partial charge in [0.1, 0.15) is 0 Å². The van der Waals surface area contributed by atoms with Crippen molar-refractivity contribution in [3.05, 3.63) is 28.8 Å². The van der Waals surface area contributed by atoms with Crippen LogP contribution in [0.5, 0.6) is 0 Å². The van der Waals surface area contributed by atoms with E-state index in [1.54, 1.807) is 0 Å². The van der Waals surface area contributed by atoms with Crippen molar-refractivity contribution < 1.29 is 18.3 Å². The highest BCUT2D eigenvalue weighted by Crippen LogP contribution is 2.33. The molecule has 1 aromatic carbocycles. The minimum atomic E-state index is -4.45. The van der Waals surface area contributed by atoms with E-state index in [0.29, 0.717) is 0 Å². The van der Waals surface area contributed by atoms with E-state index in [-0.39, 0.29) is 23.1 Å². The summed E-state index contributed by atoms with van der Waals surface area (Å²) in [4.78, 5) is 0. The van der Waals surface area contributed by atoms with E-state index >= 15 is 0 Å². The molecule has 0 amide bonds. The first-order valence-electron chi connectivity index (χ1n) is 4.68. The zero-order chi connectivity index (χ0) is 13.1. The second-order valence-corrected chi connectivity index (χ2v) is 4.16. The summed E-state index contributed by atoms with van der Waals surface area (Å²) >= 11 is 10.9. The Kier molecular flexibility index (Phi) is 4.91. The number of benzene rings is 1. The van der Waals surface area contributed by atoms with Crippen LogP contribution in [0.25, 0.3) is 0 Å². The minimum Gasteiger partial charge on any atom is -0.390 e. The van der Waals surface area contributed by atoms with Gasteiger partial charge in [-0.15, -0.1) is 11.6 Å². The fourth-order valence-corrected chi connectivity index (χ4v) is 1.49. The van der Waals surface area contributed by atoms with Crippen LogP contribution in [0, 0.1) is 0 Å². The van der Waals surface area contributed by atoms with Gasteiger partial charge in [0.05, 0.1) is 17.5 Å². The maximum absolute atomic E-state index is 12.5. The lowest BCUT2D eigenvalue weighted by atomic mass is 10.2. The average Bonchev–Trinajstić information content (AvgIpc) is 2.24. The molecule has 0 spiro atoms. The van der Waals surface area contributed by atoms with Gasteiger partial charge in [-0.3, -0.25) is 0 Å². The summed E-state index contributed by atoms with van der Waals surface area (Å²) in [6, 6.07) is 3.11. The van der Waals surface area contributed by atoms with E-state index in [1.807, 2.05) is 0 Å². The first-order valence-corrected chi connectivity index (χ1v) is 5.60. The van der Waals surface area contributed by atoms with E-state index in [9.17, 15) is 13.2 Å². The Morgan fingerprint density at radius 2 is 1.94 bits per heavy atom. The summed E-state index contributed by atoms with van der Waals surface area (Å²) in [6.07, 6.45) is -5.28. The third-order valence-electron chi connectivity index (χ3n) is 1.95. The number of rotatable bonds is 4. The lowest BCUT2D eigenvalue weighted by Gasteiger charge is -2.13. The Hall–Kier alpha value is -0.650. The van der Waals surface area contributed by atoms with Crippen LogP contribution in [-0.4, -0.2) is 23.6 Å². The van der Waals surface area contributed by atoms with E-state index < -0.39 is 17.8 Å². The van der Waals surface area contributed by atoms with Gasteiger partial charge in [0.25, 0.3) is 0 Å². The molecule has 0 aromatic heterocycles. The monoisotopic (exact) mass is 287 g/mol. The minimum absolute atomic E-state index is 0.000304. The van der Waals surface area contributed by atoms with Crippen molar-refractivity contribution in [2.75, 3.05) is 17.7 Å². The summed E-state index contributed by atoms with van der Waals surface area (Å²) in [6.45, 7) is 0.0567. The zero-order valence-electron chi connectivity index (χ0n) is 8.56. The summed E-state index contributed by atoms with van der Waals surface area (Å²) in [5.74, 6) is -0.000304. The normalized spacial score (nSPS) is 13.5. The fourth-order valence-electron chi connectivity index (χ4n) is 1.15. The van der Waals surface area contributed by atoms with E-state index in [2.05, 4.69) is 5.32 Å². The van der Waals surface area contributed by atoms with Crippen molar-refractivity contribution in [3.63, 3.8) is 0 Å². The zero-order valence-corrected chi connectivity index (χ0v) is 10.1. The molecule has 0 aliphatic carbocycles. The van der Waals surface area contributed by atoms with Crippen LogP contribution in [0.1, 0.15) is 5.56 Å². The van der Waals surface area contributed by atoms with Gasteiger partial charge in [0, 0.05) is 17.3 Å². The molecule has 96 valence electrons. The quantitative estimate of drug-likeness (QED) is 0.833. The number of anilines is 1. The highest BCUT2D eigenvalue weighted by molar-refractivity contribution is 6.30. The highest BCUT2D eigenvalue weighted by atomic mass is 35.5. The van der Waals surface area contributed by atoms with Gasteiger partial charge in [-0.05, 0) is 18.2 Å². The first kappa shape index (κ1) is 14.4. The van der Waals surface area contributed by atoms with Crippen LogP contribution in [0.2, 0.25) is 5.02 Å². The fraction of sp³-hybridized carbons (Fsp3) is 0.400. The molecular formula is C10H10Cl2F3NO. The van der Waals surface area contributed by atoms with Crippen molar-refractivity contribution >= 4 is 28.9 Å². The standard InChI is InChI=1S/C10H10Cl2F3NO/c11-4-9(17)5-16-8-2-6(10(13,14)15)1-7(12)3-8/h1-3,9,16-17H,4-5H2. The Balaban J connectivity index is 2.83. The Morgan fingerprint density at radius 1 is 1.29 bits per heavy atom.